The zero-order chi connectivity index (χ0) is 31.6. The molecule has 0 spiro atoms. The van der Waals surface area contributed by atoms with Gasteiger partial charge in [-0.25, -0.2) is 9.13 Å². The Labute approximate surface area is 279 Å². The van der Waals surface area contributed by atoms with Gasteiger partial charge in [0.05, 0.1) is 13.1 Å². The molecular formula is C42H83N2+. The van der Waals surface area contributed by atoms with E-state index in [9.17, 15) is 0 Å². The van der Waals surface area contributed by atoms with Gasteiger partial charge in [0.15, 0.2) is 0 Å². The predicted molar refractivity (Wildman–Crippen MR) is 198 cm³/mol. The Kier molecular flexibility index (Phi) is 31.5. The fraction of sp³-hybridized carbons (Fsp3) is 0.929. The summed E-state index contributed by atoms with van der Waals surface area (Å²) >= 11 is 0. The molecule has 0 amide bonds. The molecule has 0 aliphatic carbocycles. The van der Waals surface area contributed by atoms with Gasteiger partial charge >= 0.3 is 0 Å². The highest BCUT2D eigenvalue weighted by molar-refractivity contribution is 4.84. The molecule has 0 radical (unpaired) electrons. The molecular weight excluding hydrogens is 532 g/mol. The lowest BCUT2D eigenvalue weighted by atomic mass is 10.0. The van der Waals surface area contributed by atoms with Gasteiger partial charge in [-0.05, 0) is 32.1 Å². The number of nitrogens with zero attached hydrogens (tertiary/aromatic N) is 2. The molecule has 0 aromatic carbocycles. The van der Waals surface area contributed by atoms with Crippen molar-refractivity contribution in [3.8, 4) is 0 Å². The Morgan fingerprint density at radius 3 is 1.09 bits per heavy atom. The normalized spacial score (nSPS) is 11.6. The molecule has 1 aromatic rings. The van der Waals surface area contributed by atoms with Gasteiger partial charge in [-0.1, -0.05) is 201 Å². The number of unbranched alkanes of at least 4 members (excludes halogenated alkanes) is 30. The monoisotopic (exact) mass is 616 g/mol. The first-order valence-electron chi connectivity index (χ1n) is 20.9. The second-order valence-corrected chi connectivity index (χ2v) is 14.5. The minimum Gasteiger partial charge on any atom is -0.234 e. The highest BCUT2D eigenvalue weighted by Gasteiger charge is 2.16. The van der Waals surface area contributed by atoms with Crippen LogP contribution in [-0.4, -0.2) is 4.57 Å². The van der Waals surface area contributed by atoms with Crippen LogP contribution >= 0.6 is 0 Å². The van der Waals surface area contributed by atoms with Gasteiger partial charge in [0.1, 0.15) is 12.4 Å². The molecule has 0 aliphatic heterocycles. The summed E-state index contributed by atoms with van der Waals surface area (Å²) in [4.78, 5) is 0. The molecule has 0 N–H and O–H groups in total. The lowest BCUT2D eigenvalue weighted by Crippen LogP contribution is -2.37. The lowest BCUT2D eigenvalue weighted by Gasteiger charge is -2.07. The summed E-state index contributed by atoms with van der Waals surface area (Å²) in [7, 11) is 0. The molecule has 260 valence electrons. The Balaban J connectivity index is 2.28. The smallest absolute Gasteiger partial charge is 0.234 e. The van der Waals surface area contributed by atoms with Crippen LogP contribution in [0.1, 0.15) is 238 Å². The standard InChI is InChI=1S/C42H83N2/c1-4-7-10-13-16-19-21-22-23-24-25-28-31-34-37-42-43(38-35-32-29-26-18-15-12-9-6-3)40-41-44(42)39-36-33-30-27-20-17-14-11-8-5-2/h40-41H,4-39H2,1-3H3/q+1. The molecule has 1 rings (SSSR count). The topological polar surface area (TPSA) is 8.81 Å². The average Bonchev–Trinajstić information content (AvgIpc) is 3.42. The maximum Gasteiger partial charge on any atom is 0.256 e. The van der Waals surface area contributed by atoms with Crippen molar-refractivity contribution < 1.29 is 4.57 Å². The highest BCUT2D eigenvalue weighted by atomic mass is 15.1. The van der Waals surface area contributed by atoms with Gasteiger partial charge < -0.3 is 0 Å². The van der Waals surface area contributed by atoms with E-state index < -0.39 is 0 Å². The van der Waals surface area contributed by atoms with Crippen molar-refractivity contribution in [1.29, 1.82) is 0 Å². The van der Waals surface area contributed by atoms with E-state index in [2.05, 4.69) is 42.3 Å². The van der Waals surface area contributed by atoms with Crippen molar-refractivity contribution in [3.05, 3.63) is 18.2 Å². The molecule has 2 heteroatoms. The minimum atomic E-state index is 1.23. The van der Waals surface area contributed by atoms with Gasteiger partial charge in [-0.2, -0.15) is 0 Å². The Morgan fingerprint density at radius 1 is 0.386 bits per heavy atom. The van der Waals surface area contributed by atoms with Crippen LogP contribution in [0.3, 0.4) is 0 Å². The average molecular weight is 616 g/mol. The van der Waals surface area contributed by atoms with Crippen LogP contribution in [0.15, 0.2) is 12.4 Å². The third-order valence-corrected chi connectivity index (χ3v) is 10.1. The zero-order valence-electron chi connectivity index (χ0n) is 31.0. The number of hydrogen-bond acceptors (Lipinski definition) is 0. The maximum absolute atomic E-state index is 2.64. The molecule has 0 saturated heterocycles. The first-order valence-corrected chi connectivity index (χ1v) is 20.9. The van der Waals surface area contributed by atoms with E-state index in [-0.39, 0.29) is 0 Å². The van der Waals surface area contributed by atoms with E-state index in [0.717, 1.165) is 0 Å². The Hall–Kier alpha value is -0.790. The lowest BCUT2D eigenvalue weighted by molar-refractivity contribution is -0.704. The van der Waals surface area contributed by atoms with Gasteiger partial charge in [-0.15, -0.1) is 0 Å². The van der Waals surface area contributed by atoms with Gasteiger partial charge in [0.2, 0.25) is 0 Å². The second-order valence-electron chi connectivity index (χ2n) is 14.5. The van der Waals surface area contributed by atoms with Crippen molar-refractivity contribution in [2.75, 3.05) is 0 Å². The van der Waals surface area contributed by atoms with Crippen LogP contribution in [0.5, 0.6) is 0 Å². The fourth-order valence-corrected chi connectivity index (χ4v) is 7.03. The van der Waals surface area contributed by atoms with Gasteiger partial charge in [-0.3, -0.25) is 0 Å². The Bertz CT molecular complexity index is 677. The molecule has 0 unspecified atom stereocenters. The second kappa shape index (κ2) is 33.6. The van der Waals surface area contributed by atoms with Crippen LogP contribution in [0.2, 0.25) is 0 Å². The quantitative estimate of drug-likeness (QED) is 0.0524. The van der Waals surface area contributed by atoms with Crippen LogP contribution < -0.4 is 4.57 Å². The van der Waals surface area contributed by atoms with E-state index in [1.54, 1.807) is 5.82 Å². The van der Waals surface area contributed by atoms with E-state index in [1.165, 1.54) is 231 Å². The van der Waals surface area contributed by atoms with Gasteiger partial charge in [0.25, 0.3) is 5.82 Å². The molecule has 0 atom stereocenters. The number of aromatic nitrogens is 2. The van der Waals surface area contributed by atoms with Crippen molar-refractivity contribution >= 4 is 0 Å². The van der Waals surface area contributed by atoms with E-state index in [4.69, 9.17) is 0 Å². The number of aryl methyl sites for hydroxylation is 2. The third kappa shape index (κ3) is 25.4. The first kappa shape index (κ1) is 41.2. The predicted octanol–water partition coefficient (Wildman–Crippen LogP) is 14.3. The van der Waals surface area contributed by atoms with E-state index >= 15 is 0 Å². The molecule has 1 heterocycles. The summed E-state index contributed by atoms with van der Waals surface area (Å²) in [5.41, 5.74) is 0. The summed E-state index contributed by atoms with van der Waals surface area (Å²) < 4.78 is 5.28. The minimum absolute atomic E-state index is 1.23. The van der Waals surface area contributed by atoms with Crippen LogP contribution in [0.25, 0.3) is 0 Å². The van der Waals surface area contributed by atoms with Crippen LogP contribution in [-0.2, 0) is 19.5 Å². The molecule has 44 heavy (non-hydrogen) atoms. The molecule has 0 bridgehead atoms. The number of rotatable bonds is 36. The number of hydrogen-bond donors (Lipinski definition) is 0. The van der Waals surface area contributed by atoms with Crippen LogP contribution in [0.4, 0.5) is 0 Å². The van der Waals surface area contributed by atoms with Crippen LogP contribution in [0, 0.1) is 0 Å². The van der Waals surface area contributed by atoms with Gasteiger partial charge in [0, 0.05) is 6.42 Å². The SMILES string of the molecule is CCCCCCCCCCCCCCCCc1n(CCCCCCCCCCCC)cc[n+]1CCCCCCCCCCC. The van der Waals surface area contributed by atoms with Crippen molar-refractivity contribution in [2.24, 2.45) is 0 Å². The maximum atomic E-state index is 2.64. The Morgan fingerprint density at radius 2 is 0.705 bits per heavy atom. The summed E-state index contributed by atoms with van der Waals surface area (Å²) in [6, 6.07) is 0. The molecule has 0 fully saturated rings. The number of imidazole rings is 1. The fourth-order valence-electron chi connectivity index (χ4n) is 7.03. The van der Waals surface area contributed by atoms with Crippen molar-refractivity contribution in [3.63, 3.8) is 0 Å². The molecule has 0 aliphatic rings. The molecule has 0 saturated carbocycles. The molecule has 2 nitrogen and oxygen atoms in total. The van der Waals surface area contributed by atoms with Crippen molar-refractivity contribution in [2.45, 2.75) is 252 Å². The highest BCUT2D eigenvalue weighted by Crippen LogP contribution is 2.16. The summed E-state index contributed by atoms with van der Waals surface area (Å²) in [6.07, 6.45) is 53.4. The summed E-state index contributed by atoms with van der Waals surface area (Å²) in [6.45, 7) is 9.40. The summed E-state index contributed by atoms with van der Waals surface area (Å²) in [5.74, 6) is 1.62. The van der Waals surface area contributed by atoms with E-state index in [1.807, 2.05) is 0 Å². The zero-order valence-corrected chi connectivity index (χ0v) is 31.0. The van der Waals surface area contributed by atoms with Crippen molar-refractivity contribution in [1.82, 2.24) is 4.57 Å². The van der Waals surface area contributed by atoms with E-state index in [0.29, 0.717) is 0 Å². The first-order chi connectivity index (χ1) is 21.8. The summed E-state index contributed by atoms with van der Waals surface area (Å²) in [5, 5.41) is 0. The third-order valence-electron chi connectivity index (χ3n) is 10.1. The largest absolute Gasteiger partial charge is 0.256 e. The molecule has 1 aromatic heterocycles.